The Morgan fingerprint density at radius 3 is 2.70 bits per heavy atom. The third kappa shape index (κ3) is 3.75. The van der Waals surface area contributed by atoms with E-state index in [4.69, 9.17) is 4.99 Å². The van der Waals surface area contributed by atoms with E-state index >= 15 is 0 Å². The molecule has 1 saturated heterocycles. The minimum atomic E-state index is -0.291. The maximum Gasteiger partial charge on any atom is 0.225 e. The average Bonchev–Trinajstić information content (AvgIpc) is 3.27. The van der Waals surface area contributed by atoms with E-state index in [1.807, 2.05) is 0 Å². The topological polar surface area (TPSA) is 56.7 Å². The highest BCUT2D eigenvalue weighted by Crippen LogP contribution is 2.33. The fraction of sp³-hybridized carbons (Fsp3) is 0.636. The van der Waals surface area contributed by atoms with Crippen molar-refractivity contribution in [2.45, 2.75) is 70.5 Å². The molecule has 4 rings (SSSR count). The first kappa shape index (κ1) is 18.5. The molecule has 1 aromatic rings. The van der Waals surface area contributed by atoms with Crippen LogP contribution in [0.5, 0.6) is 0 Å². The van der Waals surface area contributed by atoms with Crippen LogP contribution < -0.4 is 10.6 Å². The molecule has 5 nitrogen and oxygen atoms in total. The van der Waals surface area contributed by atoms with Crippen LogP contribution in [0.3, 0.4) is 0 Å². The average molecular weight is 369 g/mol. The van der Waals surface area contributed by atoms with Crippen molar-refractivity contribution in [3.05, 3.63) is 29.8 Å². The molecule has 0 aromatic heterocycles. The zero-order chi connectivity index (χ0) is 19.1. The third-order valence-corrected chi connectivity index (χ3v) is 6.07. The Labute approximate surface area is 162 Å². The van der Waals surface area contributed by atoms with Gasteiger partial charge < -0.3 is 10.2 Å². The predicted octanol–water partition coefficient (Wildman–Crippen LogP) is 3.56. The maximum atomic E-state index is 13.0. The van der Waals surface area contributed by atoms with Crippen LogP contribution in [0, 0.1) is 5.92 Å². The zero-order valence-electron chi connectivity index (χ0n) is 16.8. The normalized spacial score (nSPS) is 27.7. The van der Waals surface area contributed by atoms with E-state index in [0.717, 1.165) is 43.9 Å². The van der Waals surface area contributed by atoms with Gasteiger partial charge in [-0.3, -0.25) is 15.1 Å². The molecule has 1 aromatic carbocycles. The Morgan fingerprint density at radius 2 is 1.96 bits per heavy atom. The van der Waals surface area contributed by atoms with Crippen molar-refractivity contribution in [2.24, 2.45) is 10.9 Å². The maximum absolute atomic E-state index is 13.0. The summed E-state index contributed by atoms with van der Waals surface area (Å²) in [6, 6.07) is 8.40. The first-order valence-electron chi connectivity index (χ1n) is 10.4. The fourth-order valence-corrected chi connectivity index (χ4v) is 4.63. The van der Waals surface area contributed by atoms with E-state index in [0.29, 0.717) is 12.5 Å². The second-order valence-electron chi connectivity index (χ2n) is 9.34. The lowest BCUT2D eigenvalue weighted by Crippen LogP contribution is -2.56. The van der Waals surface area contributed by atoms with Gasteiger partial charge >= 0.3 is 0 Å². The number of amides is 1. The summed E-state index contributed by atoms with van der Waals surface area (Å²) in [6.45, 7) is 8.69. The number of rotatable bonds is 1. The Kier molecular flexibility index (Phi) is 4.75. The van der Waals surface area contributed by atoms with Crippen LogP contribution in [-0.2, 0) is 11.3 Å². The van der Waals surface area contributed by atoms with Crippen molar-refractivity contribution in [1.82, 2.24) is 10.2 Å². The molecule has 2 aliphatic heterocycles. The van der Waals surface area contributed by atoms with E-state index in [2.05, 4.69) is 60.6 Å². The van der Waals surface area contributed by atoms with E-state index in [-0.39, 0.29) is 17.0 Å². The molecular weight excluding hydrogens is 336 g/mol. The number of hydrogen-bond acceptors (Lipinski definition) is 3. The molecule has 1 spiro atoms. The van der Waals surface area contributed by atoms with Gasteiger partial charge in [0.2, 0.25) is 5.91 Å². The number of carbonyl (C=O) groups excluding carboxylic acids is 1. The van der Waals surface area contributed by atoms with Gasteiger partial charge in [0.1, 0.15) is 5.84 Å². The van der Waals surface area contributed by atoms with Gasteiger partial charge in [0.05, 0.1) is 11.1 Å². The molecule has 0 bridgehead atoms. The van der Waals surface area contributed by atoms with E-state index in [1.165, 1.54) is 18.4 Å². The smallest absolute Gasteiger partial charge is 0.225 e. The molecule has 3 aliphatic rings. The second kappa shape index (κ2) is 6.93. The first-order valence-corrected chi connectivity index (χ1v) is 10.4. The Morgan fingerprint density at radius 1 is 1.22 bits per heavy atom. The molecule has 1 aliphatic carbocycles. The molecule has 0 radical (unpaired) electrons. The third-order valence-electron chi connectivity index (χ3n) is 6.07. The molecule has 1 saturated carbocycles. The van der Waals surface area contributed by atoms with Gasteiger partial charge in [-0.25, -0.2) is 0 Å². The van der Waals surface area contributed by atoms with Gasteiger partial charge in [0.15, 0.2) is 0 Å². The van der Waals surface area contributed by atoms with Crippen LogP contribution in [0.15, 0.2) is 29.3 Å². The summed E-state index contributed by atoms with van der Waals surface area (Å²) in [5, 5.41) is 7.40. The largest absolute Gasteiger partial charge is 0.342 e. The number of benzene rings is 1. The molecule has 27 heavy (non-hydrogen) atoms. The van der Waals surface area contributed by atoms with Crippen LogP contribution in [0.25, 0.3) is 0 Å². The van der Waals surface area contributed by atoms with Crippen molar-refractivity contribution in [1.29, 1.82) is 0 Å². The first-order chi connectivity index (χ1) is 12.9. The number of carbonyl (C=O) groups is 1. The Hall–Kier alpha value is -1.88. The summed E-state index contributed by atoms with van der Waals surface area (Å²) in [5.74, 6) is 1.56. The van der Waals surface area contributed by atoms with Crippen molar-refractivity contribution in [3.8, 4) is 0 Å². The van der Waals surface area contributed by atoms with Crippen molar-refractivity contribution in [2.75, 3.05) is 18.4 Å². The molecule has 146 valence electrons. The van der Waals surface area contributed by atoms with Crippen LogP contribution >= 0.6 is 0 Å². The van der Waals surface area contributed by atoms with Gasteiger partial charge in [0, 0.05) is 31.2 Å². The standard InChI is InChI=1S/C22H32N4O/c1-21(2,3)25-20-22(23-14-17-10-6-7-11-18(17)24-20)12-13-26(15-22)19(27)16-8-4-5-9-16/h6-7,10-11,16,23H,4-5,8-9,12-15H2,1-3H3,(H,24,25)/t22-/m0/s1. The molecule has 1 amide bonds. The van der Waals surface area contributed by atoms with E-state index in [9.17, 15) is 4.79 Å². The minimum absolute atomic E-state index is 0.181. The van der Waals surface area contributed by atoms with Gasteiger partial charge in [-0.05, 0) is 51.7 Å². The summed E-state index contributed by atoms with van der Waals surface area (Å²) in [6.07, 6.45) is 5.41. The highest BCUT2D eigenvalue weighted by atomic mass is 16.2. The number of amidine groups is 1. The summed E-state index contributed by atoms with van der Waals surface area (Å²) in [4.78, 5) is 20.1. The van der Waals surface area contributed by atoms with Gasteiger partial charge in [0.25, 0.3) is 0 Å². The summed E-state index contributed by atoms with van der Waals surface area (Å²) < 4.78 is 0. The van der Waals surface area contributed by atoms with Crippen LogP contribution in [0.2, 0.25) is 0 Å². The molecule has 5 heteroatoms. The van der Waals surface area contributed by atoms with E-state index in [1.54, 1.807) is 0 Å². The number of hydrogen-bond donors (Lipinski definition) is 2. The summed E-state index contributed by atoms with van der Waals surface area (Å²) in [5.41, 5.74) is 1.89. The van der Waals surface area contributed by atoms with Crippen molar-refractivity contribution < 1.29 is 4.79 Å². The number of para-hydroxylation sites is 1. The lowest BCUT2D eigenvalue weighted by Gasteiger charge is -2.32. The molecule has 2 N–H and O–H groups in total. The van der Waals surface area contributed by atoms with Gasteiger partial charge in [-0.15, -0.1) is 0 Å². The number of aliphatic imine (C=N–C) groups is 1. The SMILES string of the molecule is CC(C)(C)N=C1Nc2ccccc2CN[C@]12CCN(C(=O)C1CCCC1)C2. The highest BCUT2D eigenvalue weighted by molar-refractivity contribution is 6.04. The lowest BCUT2D eigenvalue weighted by atomic mass is 9.95. The lowest BCUT2D eigenvalue weighted by molar-refractivity contribution is -0.134. The van der Waals surface area contributed by atoms with Crippen LogP contribution in [0.1, 0.15) is 58.4 Å². The molecule has 1 atom stereocenters. The minimum Gasteiger partial charge on any atom is -0.342 e. The van der Waals surface area contributed by atoms with Crippen molar-refractivity contribution >= 4 is 17.4 Å². The van der Waals surface area contributed by atoms with Crippen LogP contribution in [0.4, 0.5) is 5.69 Å². The molecular formula is C22H32N4O. The molecule has 2 heterocycles. The highest BCUT2D eigenvalue weighted by Gasteiger charge is 2.46. The Bertz CT molecular complexity index is 745. The second-order valence-corrected chi connectivity index (χ2v) is 9.34. The number of fused-ring (bicyclic) bond motifs is 1. The quantitative estimate of drug-likeness (QED) is 0.797. The number of likely N-dealkylation sites (tertiary alicyclic amines) is 1. The predicted molar refractivity (Wildman–Crippen MR) is 110 cm³/mol. The molecule has 2 fully saturated rings. The zero-order valence-corrected chi connectivity index (χ0v) is 16.8. The monoisotopic (exact) mass is 368 g/mol. The summed E-state index contributed by atoms with van der Waals surface area (Å²) in [7, 11) is 0. The van der Waals surface area contributed by atoms with Crippen molar-refractivity contribution in [3.63, 3.8) is 0 Å². The number of nitrogens with zero attached hydrogens (tertiary/aromatic N) is 2. The number of anilines is 1. The van der Waals surface area contributed by atoms with Gasteiger partial charge in [-0.1, -0.05) is 31.0 Å². The number of nitrogens with one attached hydrogen (secondary N) is 2. The van der Waals surface area contributed by atoms with Gasteiger partial charge in [-0.2, -0.15) is 0 Å². The fourth-order valence-electron chi connectivity index (χ4n) is 4.63. The van der Waals surface area contributed by atoms with E-state index < -0.39 is 0 Å². The van der Waals surface area contributed by atoms with Crippen LogP contribution in [-0.4, -0.2) is 40.8 Å². The summed E-state index contributed by atoms with van der Waals surface area (Å²) >= 11 is 0. The Balaban J connectivity index is 1.63. The molecule has 0 unspecified atom stereocenters.